The summed E-state index contributed by atoms with van der Waals surface area (Å²) >= 11 is 0. The summed E-state index contributed by atoms with van der Waals surface area (Å²) < 4.78 is 8.71. The van der Waals surface area contributed by atoms with Crippen molar-refractivity contribution in [2.24, 2.45) is 7.05 Å². The van der Waals surface area contributed by atoms with Gasteiger partial charge in [0.25, 0.3) is 5.91 Å². The van der Waals surface area contributed by atoms with Crippen LogP contribution < -0.4 is 4.74 Å². The molecule has 0 bridgehead atoms. The van der Waals surface area contributed by atoms with Crippen LogP contribution >= 0.6 is 0 Å². The molecule has 2 aliphatic heterocycles. The number of hydrogen-bond acceptors (Lipinski definition) is 3. The van der Waals surface area contributed by atoms with E-state index < -0.39 is 0 Å². The SMILES string of the molecule is CCc1ccccc1[C@@H]1CCc2c(C(=O)N3CCCC3)cc3c(nc(C)n3C)c2O1. The summed E-state index contributed by atoms with van der Waals surface area (Å²) in [6.07, 6.45) is 4.87. The first-order valence-electron chi connectivity index (χ1n) is 11.1. The summed E-state index contributed by atoms with van der Waals surface area (Å²) in [7, 11) is 2.01. The largest absolute Gasteiger partial charge is 0.483 e. The van der Waals surface area contributed by atoms with Crippen molar-refractivity contribution in [3.63, 3.8) is 0 Å². The second-order valence-electron chi connectivity index (χ2n) is 8.51. The molecule has 1 atom stereocenters. The molecular formula is C25H29N3O2. The molecule has 0 unspecified atom stereocenters. The first kappa shape index (κ1) is 19.2. The van der Waals surface area contributed by atoms with Gasteiger partial charge in [-0.05, 0) is 56.2 Å². The van der Waals surface area contributed by atoms with E-state index in [1.165, 1.54) is 11.1 Å². The van der Waals surface area contributed by atoms with Gasteiger partial charge in [0.1, 0.15) is 17.4 Å². The highest BCUT2D eigenvalue weighted by Gasteiger charge is 2.32. The van der Waals surface area contributed by atoms with E-state index in [-0.39, 0.29) is 12.0 Å². The maximum Gasteiger partial charge on any atom is 0.254 e. The Morgan fingerprint density at radius 1 is 1.23 bits per heavy atom. The fourth-order valence-corrected chi connectivity index (χ4v) is 4.97. The van der Waals surface area contributed by atoms with Gasteiger partial charge in [0, 0.05) is 31.3 Å². The van der Waals surface area contributed by atoms with E-state index in [0.717, 1.165) is 78.9 Å². The second kappa shape index (κ2) is 7.46. The number of aromatic nitrogens is 2. The molecule has 5 nitrogen and oxygen atoms in total. The van der Waals surface area contributed by atoms with Gasteiger partial charge < -0.3 is 14.2 Å². The average molecular weight is 404 g/mol. The molecule has 30 heavy (non-hydrogen) atoms. The van der Waals surface area contributed by atoms with Crippen molar-refractivity contribution in [3.8, 4) is 5.75 Å². The van der Waals surface area contributed by atoms with Crippen molar-refractivity contribution >= 4 is 16.9 Å². The molecule has 0 aliphatic carbocycles. The van der Waals surface area contributed by atoms with Crippen LogP contribution in [0.1, 0.15) is 65.2 Å². The molecule has 0 saturated carbocycles. The van der Waals surface area contributed by atoms with Crippen molar-refractivity contribution in [3.05, 3.63) is 58.4 Å². The molecule has 1 aromatic heterocycles. The molecule has 3 aromatic rings. The lowest BCUT2D eigenvalue weighted by molar-refractivity contribution is 0.0789. The fourth-order valence-electron chi connectivity index (χ4n) is 4.97. The zero-order chi connectivity index (χ0) is 20.8. The minimum Gasteiger partial charge on any atom is -0.483 e. The first-order valence-corrected chi connectivity index (χ1v) is 11.1. The summed E-state index contributed by atoms with van der Waals surface area (Å²) in [4.78, 5) is 20.2. The predicted octanol–water partition coefficient (Wildman–Crippen LogP) is 4.75. The van der Waals surface area contributed by atoms with Crippen LogP contribution in [-0.2, 0) is 19.9 Å². The van der Waals surface area contributed by atoms with Gasteiger partial charge in [0.2, 0.25) is 0 Å². The summed E-state index contributed by atoms with van der Waals surface area (Å²) in [5.74, 6) is 1.87. The molecule has 0 N–H and O–H groups in total. The van der Waals surface area contributed by atoms with Crippen LogP contribution in [0.2, 0.25) is 0 Å². The van der Waals surface area contributed by atoms with Gasteiger partial charge in [-0.15, -0.1) is 0 Å². The monoisotopic (exact) mass is 403 g/mol. The summed E-state index contributed by atoms with van der Waals surface area (Å²) in [5, 5.41) is 0. The summed E-state index contributed by atoms with van der Waals surface area (Å²) in [6, 6.07) is 10.6. The van der Waals surface area contributed by atoms with Gasteiger partial charge in [-0.25, -0.2) is 4.98 Å². The van der Waals surface area contributed by atoms with Crippen molar-refractivity contribution in [1.29, 1.82) is 0 Å². The summed E-state index contributed by atoms with van der Waals surface area (Å²) in [5.41, 5.74) is 6.25. The maximum atomic E-state index is 13.4. The van der Waals surface area contributed by atoms with Crippen molar-refractivity contribution in [2.45, 2.75) is 52.1 Å². The van der Waals surface area contributed by atoms with Crippen molar-refractivity contribution in [2.75, 3.05) is 13.1 Å². The van der Waals surface area contributed by atoms with Gasteiger partial charge >= 0.3 is 0 Å². The molecule has 2 aromatic carbocycles. The van der Waals surface area contributed by atoms with E-state index in [9.17, 15) is 4.79 Å². The fraction of sp³-hybridized carbons (Fsp3) is 0.440. The third kappa shape index (κ3) is 2.99. The van der Waals surface area contributed by atoms with Crippen LogP contribution in [0.25, 0.3) is 11.0 Å². The Bertz CT molecular complexity index is 1130. The van der Waals surface area contributed by atoms with Crippen LogP contribution in [0.3, 0.4) is 0 Å². The number of imidazole rings is 1. The van der Waals surface area contributed by atoms with Crippen molar-refractivity contribution in [1.82, 2.24) is 14.5 Å². The second-order valence-corrected chi connectivity index (χ2v) is 8.51. The number of hydrogen-bond donors (Lipinski definition) is 0. The number of fused-ring (bicyclic) bond motifs is 3. The Balaban J connectivity index is 1.64. The van der Waals surface area contributed by atoms with E-state index in [0.29, 0.717) is 0 Å². The molecule has 2 aliphatic rings. The van der Waals surface area contributed by atoms with Crippen LogP contribution in [0.4, 0.5) is 0 Å². The lowest BCUT2D eigenvalue weighted by Gasteiger charge is -2.30. The van der Waals surface area contributed by atoms with E-state index in [1.807, 2.05) is 24.9 Å². The number of benzene rings is 2. The van der Waals surface area contributed by atoms with Crippen LogP contribution in [0.15, 0.2) is 30.3 Å². The molecule has 1 saturated heterocycles. The van der Waals surface area contributed by atoms with E-state index in [2.05, 4.69) is 35.8 Å². The van der Waals surface area contributed by atoms with E-state index in [4.69, 9.17) is 9.72 Å². The smallest absolute Gasteiger partial charge is 0.254 e. The third-order valence-corrected chi connectivity index (χ3v) is 6.78. The summed E-state index contributed by atoms with van der Waals surface area (Å²) in [6.45, 7) is 5.89. The van der Waals surface area contributed by atoms with E-state index in [1.54, 1.807) is 0 Å². The number of nitrogens with zero attached hydrogens (tertiary/aromatic N) is 3. The number of carbonyl (C=O) groups is 1. The normalized spacial score (nSPS) is 18.5. The van der Waals surface area contributed by atoms with Crippen LogP contribution in [-0.4, -0.2) is 33.4 Å². The minimum atomic E-state index is -0.00343. The van der Waals surface area contributed by atoms with Gasteiger partial charge in [-0.2, -0.15) is 0 Å². The number of ether oxygens (including phenoxy) is 1. The highest BCUT2D eigenvalue weighted by atomic mass is 16.5. The molecule has 1 amide bonds. The highest BCUT2D eigenvalue weighted by molar-refractivity contribution is 6.01. The molecular weight excluding hydrogens is 374 g/mol. The average Bonchev–Trinajstić information content (AvgIpc) is 3.41. The van der Waals surface area contributed by atoms with Crippen molar-refractivity contribution < 1.29 is 9.53 Å². The van der Waals surface area contributed by atoms with Crippen LogP contribution in [0.5, 0.6) is 5.75 Å². The number of amides is 1. The lowest BCUT2D eigenvalue weighted by Crippen LogP contribution is -2.29. The molecule has 1 fully saturated rings. The number of likely N-dealkylation sites (tertiary alicyclic amines) is 1. The number of rotatable bonds is 3. The molecule has 156 valence electrons. The lowest BCUT2D eigenvalue weighted by atomic mass is 9.90. The molecule has 5 rings (SSSR count). The third-order valence-electron chi connectivity index (χ3n) is 6.78. The predicted molar refractivity (Wildman–Crippen MR) is 118 cm³/mol. The zero-order valence-corrected chi connectivity index (χ0v) is 18.1. The van der Waals surface area contributed by atoms with Gasteiger partial charge in [0.05, 0.1) is 5.52 Å². The zero-order valence-electron chi connectivity index (χ0n) is 18.1. The molecule has 0 spiro atoms. The Labute approximate surface area is 177 Å². The first-order chi connectivity index (χ1) is 14.6. The Kier molecular flexibility index (Phi) is 4.76. The van der Waals surface area contributed by atoms with Gasteiger partial charge in [0.15, 0.2) is 5.75 Å². The Morgan fingerprint density at radius 2 is 2.00 bits per heavy atom. The van der Waals surface area contributed by atoms with Gasteiger partial charge in [-0.1, -0.05) is 31.2 Å². The maximum absolute atomic E-state index is 13.4. The van der Waals surface area contributed by atoms with E-state index >= 15 is 0 Å². The topological polar surface area (TPSA) is 47.4 Å². The van der Waals surface area contributed by atoms with Crippen LogP contribution in [0, 0.1) is 6.92 Å². The molecule has 5 heteroatoms. The molecule has 0 radical (unpaired) electrons. The number of carbonyl (C=O) groups excluding carboxylic acids is 1. The Morgan fingerprint density at radius 3 is 2.77 bits per heavy atom. The Hall–Kier alpha value is -2.82. The molecule has 3 heterocycles. The highest BCUT2D eigenvalue weighted by Crippen LogP contribution is 2.42. The van der Waals surface area contributed by atoms with Gasteiger partial charge in [-0.3, -0.25) is 4.79 Å². The standard InChI is InChI=1S/C25H29N3O2/c1-4-17-9-5-6-10-18(17)22-12-11-19-20(25(29)28-13-7-8-14-28)15-21-23(24(19)30-22)26-16(2)27(21)3/h5-6,9-10,15,22H,4,7-8,11-14H2,1-3H3/t22-/m0/s1. The minimum absolute atomic E-state index is 0.00343. The number of aryl methyl sites for hydroxylation is 3. The quantitative estimate of drug-likeness (QED) is 0.634.